The molecule has 0 saturated carbocycles. The summed E-state index contributed by atoms with van der Waals surface area (Å²) in [5, 5.41) is 20.1. The molecule has 0 spiro atoms. The molecule has 0 aromatic heterocycles. The molecule has 1 aromatic carbocycles. The Morgan fingerprint density at radius 3 is 2.71 bits per heavy atom. The van der Waals surface area contributed by atoms with Crippen LogP contribution in [0.1, 0.15) is 56.8 Å². The number of nitriles is 1. The first-order chi connectivity index (χ1) is 11.5. The Morgan fingerprint density at radius 2 is 2.12 bits per heavy atom. The van der Waals surface area contributed by atoms with E-state index in [0.717, 1.165) is 0 Å². The van der Waals surface area contributed by atoms with Gasteiger partial charge < -0.3 is 14.6 Å². The van der Waals surface area contributed by atoms with Crippen molar-refractivity contribution >= 4 is 5.78 Å². The Kier molecular flexibility index (Phi) is 4.33. The molecule has 0 amide bonds. The minimum absolute atomic E-state index is 0.0368. The van der Waals surface area contributed by atoms with E-state index >= 15 is 0 Å². The molecule has 1 aromatic rings. The summed E-state index contributed by atoms with van der Waals surface area (Å²) >= 11 is 0. The van der Waals surface area contributed by atoms with Gasteiger partial charge in [0.05, 0.1) is 11.6 Å². The fourth-order valence-corrected chi connectivity index (χ4v) is 3.43. The SMILES string of the molecule is CCC1(CC)Oc2ccc(C#N)cc2[C@H](OC2=CC(=O)CC2)[C@H]1O. The molecule has 126 valence electrons. The average Bonchev–Trinajstić information content (AvgIpc) is 3.02. The summed E-state index contributed by atoms with van der Waals surface area (Å²) in [6.45, 7) is 3.94. The summed E-state index contributed by atoms with van der Waals surface area (Å²) in [6, 6.07) is 7.24. The van der Waals surface area contributed by atoms with Crippen LogP contribution in [0.15, 0.2) is 30.0 Å². The van der Waals surface area contributed by atoms with Crippen LogP contribution in [0.3, 0.4) is 0 Å². The number of hydrogen-bond acceptors (Lipinski definition) is 5. The zero-order valence-corrected chi connectivity index (χ0v) is 13.9. The number of nitrogens with zero attached hydrogens (tertiary/aromatic N) is 1. The normalized spacial score (nSPS) is 24.6. The van der Waals surface area contributed by atoms with Gasteiger partial charge in [-0.15, -0.1) is 0 Å². The van der Waals surface area contributed by atoms with Crippen LogP contribution in [0.4, 0.5) is 0 Å². The second-order valence-corrected chi connectivity index (χ2v) is 6.30. The summed E-state index contributed by atoms with van der Waals surface area (Å²) < 4.78 is 12.1. The zero-order chi connectivity index (χ0) is 17.3. The number of aliphatic hydroxyl groups excluding tert-OH is 1. The molecule has 0 saturated heterocycles. The van der Waals surface area contributed by atoms with E-state index in [9.17, 15) is 9.90 Å². The molecule has 0 unspecified atom stereocenters. The van der Waals surface area contributed by atoms with Crippen molar-refractivity contribution in [3.05, 3.63) is 41.2 Å². The van der Waals surface area contributed by atoms with Crippen molar-refractivity contribution in [2.45, 2.75) is 57.3 Å². The molecule has 1 aliphatic carbocycles. The van der Waals surface area contributed by atoms with Crippen molar-refractivity contribution in [3.8, 4) is 11.8 Å². The molecule has 3 rings (SSSR count). The molecule has 0 bridgehead atoms. The van der Waals surface area contributed by atoms with Crippen molar-refractivity contribution in [3.63, 3.8) is 0 Å². The van der Waals surface area contributed by atoms with Gasteiger partial charge in [0.15, 0.2) is 11.9 Å². The van der Waals surface area contributed by atoms with Crippen LogP contribution < -0.4 is 4.74 Å². The van der Waals surface area contributed by atoms with E-state index in [2.05, 4.69) is 6.07 Å². The Morgan fingerprint density at radius 1 is 1.38 bits per heavy atom. The van der Waals surface area contributed by atoms with Gasteiger partial charge in [0.2, 0.25) is 0 Å². The third-order valence-corrected chi connectivity index (χ3v) is 5.00. The van der Waals surface area contributed by atoms with E-state index in [0.29, 0.717) is 48.3 Å². The maximum Gasteiger partial charge on any atom is 0.159 e. The Hall–Kier alpha value is -2.32. The predicted molar refractivity (Wildman–Crippen MR) is 87.3 cm³/mol. The Bertz CT molecular complexity index is 727. The monoisotopic (exact) mass is 327 g/mol. The smallest absolute Gasteiger partial charge is 0.159 e. The van der Waals surface area contributed by atoms with E-state index in [1.807, 2.05) is 13.8 Å². The van der Waals surface area contributed by atoms with E-state index in [1.54, 1.807) is 18.2 Å². The van der Waals surface area contributed by atoms with E-state index in [4.69, 9.17) is 14.7 Å². The minimum atomic E-state index is -0.884. The van der Waals surface area contributed by atoms with Crippen molar-refractivity contribution in [1.82, 2.24) is 0 Å². The Balaban J connectivity index is 2.05. The van der Waals surface area contributed by atoms with Crippen LogP contribution in [0.2, 0.25) is 0 Å². The number of aliphatic hydroxyl groups is 1. The molecule has 24 heavy (non-hydrogen) atoms. The van der Waals surface area contributed by atoms with E-state index < -0.39 is 17.8 Å². The van der Waals surface area contributed by atoms with Gasteiger partial charge >= 0.3 is 0 Å². The van der Waals surface area contributed by atoms with Crippen LogP contribution in [-0.2, 0) is 9.53 Å². The van der Waals surface area contributed by atoms with Crippen molar-refractivity contribution in [2.24, 2.45) is 0 Å². The molecule has 2 aliphatic rings. The molecule has 2 atom stereocenters. The van der Waals surface area contributed by atoms with E-state index in [1.165, 1.54) is 6.08 Å². The maximum absolute atomic E-state index is 11.5. The Labute approximate surface area is 141 Å². The minimum Gasteiger partial charge on any atom is -0.487 e. The standard InChI is InChI=1S/C19H21NO4/c1-3-19(4-2)18(22)17(23-14-7-6-13(21)10-14)15-9-12(11-20)5-8-16(15)24-19/h5,8-10,17-18,22H,3-4,6-7H2,1-2H3/t17-,18+/m0/s1. The molecule has 5 nitrogen and oxygen atoms in total. The fraction of sp³-hybridized carbons (Fsp3) is 0.474. The first-order valence-corrected chi connectivity index (χ1v) is 8.34. The molecule has 0 radical (unpaired) electrons. The number of carbonyl (C=O) groups is 1. The number of benzene rings is 1. The molecule has 5 heteroatoms. The number of fused-ring (bicyclic) bond motifs is 1. The summed E-state index contributed by atoms with van der Waals surface area (Å²) in [6.07, 6.45) is 2.19. The fourth-order valence-electron chi connectivity index (χ4n) is 3.43. The first-order valence-electron chi connectivity index (χ1n) is 8.34. The first kappa shape index (κ1) is 16.5. The van der Waals surface area contributed by atoms with Gasteiger partial charge in [0, 0.05) is 24.5 Å². The van der Waals surface area contributed by atoms with Crippen LogP contribution >= 0.6 is 0 Å². The molecule has 1 N–H and O–H groups in total. The molecule has 0 fully saturated rings. The highest BCUT2D eigenvalue weighted by atomic mass is 16.5. The van der Waals surface area contributed by atoms with Crippen LogP contribution in [-0.4, -0.2) is 22.6 Å². The lowest BCUT2D eigenvalue weighted by atomic mass is 9.81. The second kappa shape index (κ2) is 6.29. The number of rotatable bonds is 4. The molecular weight excluding hydrogens is 306 g/mol. The third-order valence-electron chi connectivity index (χ3n) is 5.00. The number of carbonyl (C=O) groups excluding carboxylic acids is 1. The lowest BCUT2D eigenvalue weighted by Gasteiger charge is -2.45. The number of allylic oxidation sites excluding steroid dienone is 2. The zero-order valence-electron chi connectivity index (χ0n) is 13.9. The largest absolute Gasteiger partial charge is 0.487 e. The predicted octanol–water partition coefficient (Wildman–Crippen LogP) is 3.17. The van der Waals surface area contributed by atoms with Crippen LogP contribution in [0.25, 0.3) is 0 Å². The highest BCUT2D eigenvalue weighted by Gasteiger charge is 2.48. The van der Waals surface area contributed by atoms with Gasteiger partial charge in [-0.05, 0) is 31.0 Å². The quantitative estimate of drug-likeness (QED) is 0.919. The van der Waals surface area contributed by atoms with Crippen molar-refractivity contribution < 1.29 is 19.4 Å². The summed E-state index contributed by atoms with van der Waals surface area (Å²) in [5.74, 6) is 1.24. The third kappa shape index (κ3) is 2.67. The van der Waals surface area contributed by atoms with Gasteiger partial charge in [-0.2, -0.15) is 5.26 Å². The van der Waals surface area contributed by atoms with Gasteiger partial charge in [-0.25, -0.2) is 0 Å². The highest BCUT2D eigenvalue weighted by molar-refractivity contribution is 5.92. The molecule has 1 aliphatic heterocycles. The average molecular weight is 327 g/mol. The highest BCUT2D eigenvalue weighted by Crippen LogP contribution is 2.46. The van der Waals surface area contributed by atoms with Gasteiger partial charge in [0.25, 0.3) is 0 Å². The van der Waals surface area contributed by atoms with Gasteiger partial charge in [-0.1, -0.05) is 13.8 Å². The van der Waals surface area contributed by atoms with Crippen LogP contribution in [0, 0.1) is 11.3 Å². The number of ketones is 1. The van der Waals surface area contributed by atoms with Gasteiger partial charge in [0.1, 0.15) is 23.2 Å². The lowest BCUT2D eigenvalue weighted by molar-refractivity contribution is -0.140. The van der Waals surface area contributed by atoms with Crippen molar-refractivity contribution in [2.75, 3.05) is 0 Å². The molecular formula is C19H21NO4. The second-order valence-electron chi connectivity index (χ2n) is 6.30. The van der Waals surface area contributed by atoms with Crippen LogP contribution in [0.5, 0.6) is 5.75 Å². The summed E-state index contributed by atoms with van der Waals surface area (Å²) in [7, 11) is 0. The van der Waals surface area contributed by atoms with Gasteiger partial charge in [-0.3, -0.25) is 4.79 Å². The summed E-state index contributed by atoms with van der Waals surface area (Å²) in [4.78, 5) is 11.5. The maximum atomic E-state index is 11.5. The number of ether oxygens (including phenoxy) is 2. The van der Waals surface area contributed by atoms with Crippen molar-refractivity contribution in [1.29, 1.82) is 5.26 Å². The topological polar surface area (TPSA) is 79.5 Å². The summed E-state index contributed by atoms with van der Waals surface area (Å²) in [5.41, 5.74) is 0.393. The molecule has 1 heterocycles. The van der Waals surface area contributed by atoms with E-state index in [-0.39, 0.29) is 5.78 Å². The lowest BCUT2D eigenvalue weighted by Crippen LogP contribution is -2.53. The number of hydrogen-bond donors (Lipinski definition) is 1.